The Labute approximate surface area is 90.1 Å². The van der Waals surface area contributed by atoms with E-state index in [1.165, 1.54) is 5.56 Å². The van der Waals surface area contributed by atoms with E-state index in [2.05, 4.69) is 11.4 Å². The van der Waals surface area contributed by atoms with Gasteiger partial charge in [0.2, 0.25) is 5.91 Å². The van der Waals surface area contributed by atoms with Crippen LogP contribution >= 0.6 is 0 Å². The van der Waals surface area contributed by atoms with Gasteiger partial charge in [0.25, 0.3) is 0 Å². The standard InChI is InChI=1S/C12H16N2O/c1-10-3-2-4-11(9-10)14-8-7-13-6-5-12(14)15/h2-4,9,13H,5-8H2,1H3. The minimum Gasteiger partial charge on any atom is -0.314 e. The smallest absolute Gasteiger partial charge is 0.228 e. The summed E-state index contributed by atoms with van der Waals surface area (Å²) in [5, 5.41) is 3.23. The molecule has 1 aromatic carbocycles. The predicted molar refractivity (Wildman–Crippen MR) is 61.0 cm³/mol. The molecule has 0 spiro atoms. The highest BCUT2D eigenvalue weighted by molar-refractivity contribution is 5.93. The van der Waals surface area contributed by atoms with Crippen molar-refractivity contribution >= 4 is 11.6 Å². The number of rotatable bonds is 1. The molecule has 2 rings (SSSR count). The zero-order chi connectivity index (χ0) is 10.7. The van der Waals surface area contributed by atoms with E-state index in [0.717, 1.165) is 25.3 Å². The van der Waals surface area contributed by atoms with Crippen molar-refractivity contribution in [2.75, 3.05) is 24.5 Å². The van der Waals surface area contributed by atoms with Crippen molar-refractivity contribution in [3.05, 3.63) is 29.8 Å². The van der Waals surface area contributed by atoms with Gasteiger partial charge in [0, 0.05) is 31.7 Å². The number of amides is 1. The molecule has 0 aliphatic carbocycles. The average molecular weight is 204 g/mol. The molecule has 1 fully saturated rings. The molecule has 3 heteroatoms. The number of hydrogen-bond acceptors (Lipinski definition) is 2. The lowest BCUT2D eigenvalue weighted by Crippen LogP contribution is -2.32. The molecule has 1 saturated heterocycles. The van der Waals surface area contributed by atoms with Crippen LogP contribution in [0.3, 0.4) is 0 Å². The summed E-state index contributed by atoms with van der Waals surface area (Å²) in [7, 11) is 0. The van der Waals surface area contributed by atoms with E-state index in [4.69, 9.17) is 0 Å². The molecule has 1 amide bonds. The van der Waals surface area contributed by atoms with E-state index in [1.807, 2.05) is 30.0 Å². The number of aryl methyl sites for hydroxylation is 1. The fraction of sp³-hybridized carbons (Fsp3) is 0.417. The summed E-state index contributed by atoms with van der Waals surface area (Å²) in [4.78, 5) is 13.7. The minimum atomic E-state index is 0.214. The number of hydrogen-bond donors (Lipinski definition) is 1. The van der Waals surface area contributed by atoms with Crippen LogP contribution < -0.4 is 10.2 Å². The Balaban J connectivity index is 2.24. The van der Waals surface area contributed by atoms with Crippen molar-refractivity contribution in [1.29, 1.82) is 0 Å². The summed E-state index contributed by atoms with van der Waals surface area (Å²) in [5.74, 6) is 0.214. The average Bonchev–Trinajstić information content (AvgIpc) is 2.43. The molecular formula is C12H16N2O. The van der Waals surface area contributed by atoms with E-state index < -0.39 is 0 Å². The zero-order valence-electron chi connectivity index (χ0n) is 8.99. The van der Waals surface area contributed by atoms with Crippen molar-refractivity contribution in [3.8, 4) is 0 Å². The van der Waals surface area contributed by atoms with Gasteiger partial charge in [-0.25, -0.2) is 0 Å². The van der Waals surface area contributed by atoms with Crippen LogP contribution in [0.5, 0.6) is 0 Å². The van der Waals surface area contributed by atoms with Gasteiger partial charge >= 0.3 is 0 Å². The first-order valence-electron chi connectivity index (χ1n) is 5.35. The lowest BCUT2D eigenvalue weighted by Gasteiger charge is -2.20. The molecule has 0 unspecified atom stereocenters. The Morgan fingerprint density at radius 3 is 3.00 bits per heavy atom. The molecule has 1 heterocycles. The van der Waals surface area contributed by atoms with Gasteiger partial charge in [-0.3, -0.25) is 4.79 Å². The van der Waals surface area contributed by atoms with E-state index in [9.17, 15) is 4.79 Å². The van der Waals surface area contributed by atoms with Gasteiger partial charge in [-0.05, 0) is 24.6 Å². The van der Waals surface area contributed by atoms with Crippen molar-refractivity contribution in [2.24, 2.45) is 0 Å². The van der Waals surface area contributed by atoms with Crippen LogP contribution in [-0.4, -0.2) is 25.5 Å². The molecule has 3 nitrogen and oxygen atoms in total. The Morgan fingerprint density at radius 2 is 2.20 bits per heavy atom. The van der Waals surface area contributed by atoms with Gasteiger partial charge in [0.05, 0.1) is 0 Å². The molecule has 0 aromatic heterocycles. The lowest BCUT2D eigenvalue weighted by molar-refractivity contribution is -0.118. The maximum atomic E-state index is 11.8. The van der Waals surface area contributed by atoms with Crippen molar-refractivity contribution < 1.29 is 4.79 Å². The van der Waals surface area contributed by atoms with Crippen LogP contribution in [0.2, 0.25) is 0 Å². The Hall–Kier alpha value is -1.35. The van der Waals surface area contributed by atoms with Crippen LogP contribution in [0.15, 0.2) is 24.3 Å². The highest BCUT2D eigenvalue weighted by atomic mass is 16.2. The molecule has 1 aliphatic heterocycles. The second kappa shape index (κ2) is 4.45. The van der Waals surface area contributed by atoms with Crippen LogP contribution in [0.4, 0.5) is 5.69 Å². The predicted octanol–water partition coefficient (Wildman–Crippen LogP) is 1.32. The maximum absolute atomic E-state index is 11.8. The van der Waals surface area contributed by atoms with Crippen LogP contribution in [0.1, 0.15) is 12.0 Å². The van der Waals surface area contributed by atoms with Crippen LogP contribution in [0, 0.1) is 6.92 Å². The monoisotopic (exact) mass is 204 g/mol. The zero-order valence-corrected chi connectivity index (χ0v) is 8.99. The number of carbonyl (C=O) groups is 1. The molecule has 1 N–H and O–H groups in total. The Bertz CT molecular complexity index is 362. The third-order valence-electron chi connectivity index (χ3n) is 2.64. The lowest BCUT2D eigenvalue weighted by atomic mass is 10.2. The molecule has 1 aromatic rings. The highest BCUT2D eigenvalue weighted by Gasteiger charge is 2.17. The van der Waals surface area contributed by atoms with Gasteiger partial charge in [0.1, 0.15) is 0 Å². The summed E-state index contributed by atoms with van der Waals surface area (Å²) in [6, 6.07) is 8.10. The highest BCUT2D eigenvalue weighted by Crippen LogP contribution is 2.17. The fourth-order valence-electron chi connectivity index (χ4n) is 1.84. The van der Waals surface area contributed by atoms with E-state index in [0.29, 0.717) is 6.42 Å². The summed E-state index contributed by atoms with van der Waals surface area (Å²) in [6.07, 6.45) is 0.591. The molecular weight excluding hydrogens is 188 g/mol. The van der Waals surface area contributed by atoms with Gasteiger partial charge in [0.15, 0.2) is 0 Å². The molecule has 0 bridgehead atoms. The normalized spacial score (nSPS) is 17.7. The van der Waals surface area contributed by atoms with Crippen LogP contribution in [0.25, 0.3) is 0 Å². The van der Waals surface area contributed by atoms with Crippen LogP contribution in [-0.2, 0) is 4.79 Å². The molecule has 1 aliphatic rings. The van der Waals surface area contributed by atoms with Gasteiger partial charge in [-0.1, -0.05) is 12.1 Å². The first kappa shape index (κ1) is 10.2. The fourth-order valence-corrected chi connectivity index (χ4v) is 1.84. The number of nitrogens with one attached hydrogen (secondary N) is 1. The minimum absolute atomic E-state index is 0.214. The maximum Gasteiger partial charge on any atom is 0.228 e. The second-order valence-electron chi connectivity index (χ2n) is 3.88. The third kappa shape index (κ3) is 2.36. The van der Waals surface area contributed by atoms with Crippen molar-refractivity contribution in [2.45, 2.75) is 13.3 Å². The van der Waals surface area contributed by atoms with E-state index in [-0.39, 0.29) is 5.91 Å². The molecule has 0 atom stereocenters. The SMILES string of the molecule is Cc1cccc(N2CCNCCC2=O)c1. The number of nitrogens with zero attached hydrogens (tertiary/aromatic N) is 1. The van der Waals surface area contributed by atoms with E-state index in [1.54, 1.807) is 0 Å². The van der Waals surface area contributed by atoms with E-state index >= 15 is 0 Å². The third-order valence-corrected chi connectivity index (χ3v) is 2.64. The molecule has 0 radical (unpaired) electrons. The summed E-state index contributed by atoms with van der Waals surface area (Å²) in [5.41, 5.74) is 2.21. The van der Waals surface area contributed by atoms with Gasteiger partial charge in [-0.15, -0.1) is 0 Å². The first-order chi connectivity index (χ1) is 7.27. The largest absolute Gasteiger partial charge is 0.314 e. The Morgan fingerprint density at radius 1 is 1.33 bits per heavy atom. The van der Waals surface area contributed by atoms with Gasteiger partial charge < -0.3 is 10.2 Å². The van der Waals surface area contributed by atoms with Gasteiger partial charge in [-0.2, -0.15) is 0 Å². The molecule has 15 heavy (non-hydrogen) atoms. The molecule has 80 valence electrons. The summed E-state index contributed by atoms with van der Waals surface area (Å²) in [6.45, 7) is 4.48. The molecule has 0 saturated carbocycles. The topological polar surface area (TPSA) is 32.3 Å². The van der Waals surface area contributed by atoms with Crippen molar-refractivity contribution in [1.82, 2.24) is 5.32 Å². The second-order valence-corrected chi connectivity index (χ2v) is 3.88. The number of carbonyl (C=O) groups excluding carboxylic acids is 1. The van der Waals surface area contributed by atoms with Crippen molar-refractivity contribution in [3.63, 3.8) is 0 Å². The Kier molecular flexibility index (Phi) is 3.02. The first-order valence-corrected chi connectivity index (χ1v) is 5.35. The summed E-state index contributed by atoms with van der Waals surface area (Å²) >= 11 is 0. The quantitative estimate of drug-likeness (QED) is 0.748. The number of anilines is 1. The number of benzene rings is 1. The summed E-state index contributed by atoms with van der Waals surface area (Å²) < 4.78 is 0.